The standard InChI is InChI=1S/C18H34N2O3/c1-2-3-4-5-6-7-8-9-10-13-16(21)15(18(20)23)12-11-14-17(19)22/h15H,2-14H2,1H3,(H2,19,22)(H2,20,23). The summed E-state index contributed by atoms with van der Waals surface area (Å²) in [6, 6.07) is 0. The number of hydrogen-bond acceptors (Lipinski definition) is 3. The van der Waals surface area contributed by atoms with E-state index in [1.165, 1.54) is 38.5 Å². The first kappa shape index (κ1) is 21.6. The third-order valence-corrected chi connectivity index (χ3v) is 4.17. The van der Waals surface area contributed by atoms with Crippen LogP contribution in [0.5, 0.6) is 0 Å². The molecule has 0 spiro atoms. The molecule has 4 N–H and O–H groups in total. The quantitative estimate of drug-likeness (QED) is 0.336. The van der Waals surface area contributed by atoms with Crippen LogP contribution in [0.15, 0.2) is 0 Å². The molecule has 0 radical (unpaired) electrons. The molecule has 0 aromatic heterocycles. The zero-order chi connectivity index (χ0) is 17.5. The Hall–Kier alpha value is -1.39. The molecule has 0 aromatic carbocycles. The van der Waals surface area contributed by atoms with E-state index >= 15 is 0 Å². The highest BCUT2D eigenvalue weighted by Gasteiger charge is 2.23. The number of primary amides is 2. The molecule has 0 heterocycles. The molecule has 1 atom stereocenters. The number of nitrogens with two attached hydrogens (primary N) is 2. The lowest BCUT2D eigenvalue weighted by Gasteiger charge is -2.11. The Bertz CT molecular complexity index is 356. The second-order valence-electron chi connectivity index (χ2n) is 6.36. The van der Waals surface area contributed by atoms with Gasteiger partial charge in [-0.25, -0.2) is 0 Å². The first-order valence-corrected chi connectivity index (χ1v) is 9.09. The fourth-order valence-corrected chi connectivity index (χ4v) is 2.73. The van der Waals surface area contributed by atoms with Gasteiger partial charge in [-0.1, -0.05) is 58.3 Å². The van der Waals surface area contributed by atoms with Gasteiger partial charge >= 0.3 is 0 Å². The van der Waals surface area contributed by atoms with Gasteiger partial charge in [0.25, 0.3) is 0 Å². The van der Waals surface area contributed by atoms with Gasteiger partial charge in [0.05, 0.1) is 5.92 Å². The normalized spacial score (nSPS) is 12.0. The van der Waals surface area contributed by atoms with E-state index in [1.54, 1.807) is 0 Å². The van der Waals surface area contributed by atoms with E-state index < -0.39 is 17.7 Å². The first-order valence-electron chi connectivity index (χ1n) is 9.09. The van der Waals surface area contributed by atoms with Gasteiger partial charge in [-0.15, -0.1) is 0 Å². The van der Waals surface area contributed by atoms with Crippen LogP contribution in [-0.4, -0.2) is 17.6 Å². The van der Waals surface area contributed by atoms with Crippen LogP contribution in [0.2, 0.25) is 0 Å². The number of carbonyl (C=O) groups excluding carboxylic acids is 3. The predicted molar refractivity (Wildman–Crippen MR) is 92.6 cm³/mol. The second kappa shape index (κ2) is 14.2. The van der Waals surface area contributed by atoms with E-state index in [4.69, 9.17) is 11.5 Å². The lowest BCUT2D eigenvalue weighted by molar-refractivity contribution is -0.133. The molecule has 0 bridgehead atoms. The highest BCUT2D eigenvalue weighted by molar-refractivity contribution is 6.00. The smallest absolute Gasteiger partial charge is 0.227 e. The minimum Gasteiger partial charge on any atom is -0.370 e. The maximum Gasteiger partial charge on any atom is 0.227 e. The third-order valence-electron chi connectivity index (χ3n) is 4.17. The molecular formula is C18H34N2O3. The van der Waals surface area contributed by atoms with Crippen molar-refractivity contribution < 1.29 is 14.4 Å². The van der Waals surface area contributed by atoms with E-state index in [2.05, 4.69) is 6.92 Å². The minimum atomic E-state index is -0.761. The van der Waals surface area contributed by atoms with E-state index in [-0.39, 0.29) is 12.2 Å². The number of hydrogen-bond donors (Lipinski definition) is 2. The molecule has 5 heteroatoms. The summed E-state index contributed by atoms with van der Waals surface area (Å²) in [5.41, 5.74) is 10.3. The fraction of sp³-hybridized carbons (Fsp3) is 0.833. The van der Waals surface area contributed by atoms with Crippen molar-refractivity contribution in [2.24, 2.45) is 17.4 Å². The topological polar surface area (TPSA) is 103 Å². The Labute approximate surface area is 140 Å². The first-order chi connectivity index (χ1) is 11.0. The molecule has 0 rings (SSSR count). The van der Waals surface area contributed by atoms with E-state index in [1.807, 2.05) is 0 Å². The van der Waals surface area contributed by atoms with Crippen molar-refractivity contribution in [3.05, 3.63) is 0 Å². The van der Waals surface area contributed by atoms with Crippen LogP contribution >= 0.6 is 0 Å². The van der Waals surface area contributed by atoms with Gasteiger partial charge in [-0.05, 0) is 19.3 Å². The van der Waals surface area contributed by atoms with Gasteiger partial charge in [0.2, 0.25) is 11.8 Å². The number of ketones is 1. The zero-order valence-electron chi connectivity index (χ0n) is 14.6. The molecule has 0 saturated heterocycles. The summed E-state index contributed by atoms with van der Waals surface area (Å²) in [5.74, 6) is -1.86. The largest absolute Gasteiger partial charge is 0.370 e. The van der Waals surface area contributed by atoms with Gasteiger partial charge < -0.3 is 11.5 Å². The monoisotopic (exact) mass is 326 g/mol. The van der Waals surface area contributed by atoms with Crippen molar-refractivity contribution in [1.82, 2.24) is 0 Å². The van der Waals surface area contributed by atoms with Gasteiger partial charge in [-0.3, -0.25) is 14.4 Å². The molecule has 0 fully saturated rings. The van der Waals surface area contributed by atoms with Crippen LogP contribution < -0.4 is 11.5 Å². The molecule has 5 nitrogen and oxygen atoms in total. The Morgan fingerprint density at radius 1 is 0.739 bits per heavy atom. The Morgan fingerprint density at radius 3 is 1.74 bits per heavy atom. The number of rotatable bonds is 16. The van der Waals surface area contributed by atoms with Crippen molar-refractivity contribution in [3.8, 4) is 0 Å². The predicted octanol–water partition coefficient (Wildman–Crippen LogP) is 3.23. The van der Waals surface area contributed by atoms with Gasteiger partial charge in [0, 0.05) is 12.8 Å². The average Bonchev–Trinajstić information content (AvgIpc) is 2.49. The maximum absolute atomic E-state index is 12.1. The molecule has 0 aliphatic rings. The van der Waals surface area contributed by atoms with Crippen LogP contribution in [-0.2, 0) is 14.4 Å². The van der Waals surface area contributed by atoms with Crippen LogP contribution in [0, 0.1) is 5.92 Å². The zero-order valence-corrected chi connectivity index (χ0v) is 14.6. The van der Waals surface area contributed by atoms with Crippen LogP contribution in [0.4, 0.5) is 0 Å². The highest BCUT2D eigenvalue weighted by atomic mass is 16.2. The summed E-state index contributed by atoms with van der Waals surface area (Å²) in [6.45, 7) is 2.21. The average molecular weight is 326 g/mol. The minimum absolute atomic E-state index is 0.0927. The van der Waals surface area contributed by atoms with E-state index in [0.29, 0.717) is 19.3 Å². The molecule has 134 valence electrons. The number of unbranched alkanes of at least 4 members (excludes halogenated alkanes) is 8. The number of Topliss-reactive ketones (excluding diaryl/α,β-unsaturated/α-hetero) is 1. The van der Waals surface area contributed by atoms with Crippen molar-refractivity contribution in [2.45, 2.75) is 90.4 Å². The lowest BCUT2D eigenvalue weighted by Crippen LogP contribution is -2.30. The summed E-state index contributed by atoms with van der Waals surface area (Å²) < 4.78 is 0. The Kier molecular flexibility index (Phi) is 13.4. The van der Waals surface area contributed by atoms with Crippen molar-refractivity contribution in [2.75, 3.05) is 0 Å². The SMILES string of the molecule is CCCCCCCCCCCC(=O)C(CCCC(N)=O)C(N)=O. The molecule has 1 unspecified atom stereocenters. The van der Waals surface area contributed by atoms with Gasteiger partial charge in [0.1, 0.15) is 5.78 Å². The molecule has 2 amide bonds. The summed E-state index contributed by atoms with van der Waals surface area (Å²) >= 11 is 0. The summed E-state index contributed by atoms with van der Waals surface area (Å²) in [7, 11) is 0. The van der Waals surface area contributed by atoms with E-state index in [0.717, 1.165) is 19.3 Å². The van der Waals surface area contributed by atoms with Crippen molar-refractivity contribution >= 4 is 17.6 Å². The summed E-state index contributed by atoms with van der Waals surface area (Å²) in [5, 5.41) is 0. The number of amides is 2. The summed E-state index contributed by atoms with van der Waals surface area (Å²) in [4.78, 5) is 34.1. The molecule has 0 aromatic rings. The summed E-state index contributed by atoms with van der Waals surface area (Å²) in [6.07, 6.45) is 12.0. The van der Waals surface area contributed by atoms with Gasteiger partial charge in [0.15, 0.2) is 0 Å². The van der Waals surface area contributed by atoms with Crippen LogP contribution in [0.1, 0.15) is 90.4 Å². The highest BCUT2D eigenvalue weighted by Crippen LogP contribution is 2.15. The Morgan fingerprint density at radius 2 is 1.26 bits per heavy atom. The van der Waals surface area contributed by atoms with Gasteiger partial charge in [-0.2, -0.15) is 0 Å². The molecule has 0 aliphatic heterocycles. The van der Waals surface area contributed by atoms with Crippen molar-refractivity contribution in [1.29, 1.82) is 0 Å². The van der Waals surface area contributed by atoms with E-state index in [9.17, 15) is 14.4 Å². The molecular weight excluding hydrogens is 292 g/mol. The van der Waals surface area contributed by atoms with Crippen molar-refractivity contribution in [3.63, 3.8) is 0 Å². The van der Waals surface area contributed by atoms with Crippen LogP contribution in [0.25, 0.3) is 0 Å². The lowest BCUT2D eigenvalue weighted by atomic mass is 9.93. The molecule has 0 saturated carbocycles. The fourth-order valence-electron chi connectivity index (χ4n) is 2.73. The van der Waals surface area contributed by atoms with Crippen LogP contribution in [0.3, 0.4) is 0 Å². The second-order valence-corrected chi connectivity index (χ2v) is 6.36. The molecule has 23 heavy (non-hydrogen) atoms. The maximum atomic E-state index is 12.1. The Balaban J connectivity index is 3.74. The number of carbonyl (C=O) groups is 3. The molecule has 0 aliphatic carbocycles. The third kappa shape index (κ3) is 12.8.